The Kier molecular flexibility index (Phi) is 1.80. The maximum absolute atomic E-state index is 8.38. The lowest BCUT2D eigenvalue weighted by atomic mass is 10.1. The van der Waals surface area contributed by atoms with Gasteiger partial charge in [-0.05, 0) is 35.5 Å². The van der Waals surface area contributed by atoms with Crippen molar-refractivity contribution in [3.05, 3.63) is 60.8 Å². The van der Waals surface area contributed by atoms with Crippen LogP contribution in [-0.4, -0.2) is 14.9 Å². The number of fused-ring (bicyclic) bond motifs is 3. The van der Waals surface area contributed by atoms with E-state index in [1.165, 1.54) is 12.3 Å². The van der Waals surface area contributed by atoms with Crippen molar-refractivity contribution in [1.82, 2.24) is 4.98 Å². The zero-order valence-electron chi connectivity index (χ0n) is 18.6. The number of nitrogens with zero attached hydrogens (tertiary/aromatic N) is 1. The lowest BCUT2D eigenvalue weighted by Gasteiger charge is -2.05. The zero-order valence-corrected chi connectivity index (χ0v) is 12.6. The standard InChI is InChI=1S/C19H17NOSi/c1-22(2)14-8-9-17(20-12-14)13-7-10-19-16(11-13)15-5-3-4-6-18(15)21-19/h3-12,22H,1-2H3/i1D3,2D3,22D. The highest BCUT2D eigenvalue weighted by Gasteiger charge is 2.09. The summed E-state index contributed by atoms with van der Waals surface area (Å²) >= 11 is 0. The van der Waals surface area contributed by atoms with Crippen molar-refractivity contribution in [1.29, 1.82) is 1.23 Å². The van der Waals surface area contributed by atoms with Crippen molar-refractivity contribution in [2.45, 2.75) is 13.0 Å². The second kappa shape index (κ2) is 5.11. The third-order valence-corrected chi connectivity index (χ3v) is 4.60. The number of pyridine rings is 1. The third kappa shape index (κ3) is 2.14. The van der Waals surface area contributed by atoms with Crippen LogP contribution in [0.2, 0.25) is 13.0 Å². The van der Waals surface area contributed by atoms with Gasteiger partial charge >= 0.3 is 0 Å². The molecule has 108 valence electrons. The molecule has 2 nitrogen and oxygen atoms in total. The number of rotatable bonds is 2. The van der Waals surface area contributed by atoms with Gasteiger partial charge in [0.1, 0.15) is 11.2 Å². The summed E-state index contributed by atoms with van der Waals surface area (Å²) in [5.41, 5.74) is 2.88. The Bertz CT molecular complexity index is 1180. The Morgan fingerprint density at radius 1 is 1.00 bits per heavy atom. The fourth-order valence-electron chi connectivity index (χ4n) is 2.60. The Hall–Kier alpha value is -2.39. The largest absolute Gasteiger partial charge is 0.456 e. The van der Waals surface area contributed by atoms with Gasteiger partial charge in [-0.25, -0.2) is 0 Å². The predicted octanol–water partition coefficient (Wildman–Crippen LogP) is 4.34. The molecule has 4 aromatic rings. The molecule has 0 unspecified atom stereocenters. The van der Waals surface area contributed by atoms with Crippen LogP contribution in [-0.2, 0) is 0 Å². The number of benzene rings is 2. The molecule has 0 atom stereocenters. The van der Waals surface area contributed by atoms with Crippen molar-refractivity contribution in [2.75, 3.05) is 0 Å². The summed E-state index contributed by atoms with van der Waals surface area (Å²) in [5, 5.41) is 1.87. The molecule has 0 radical (unpaired) electrons. The highest BCUT2D eigenvalue weighted by molar-refractivity contribution is 6.70. The van der Waals surface area contributed by atoms with Crippen molar-refractivity contribution < 1.29 is 12.6 Å². The molecule has 0 fully saturated rings. The predicted molar refractivity (Wildman–Crippen MR) is 95.5 cm³/mol. The number of furan rings is 1. The minimum Gasteiger partial charge on any atom is -0.456 e. The van der Waals surface area contributed by atoms with E-state index in [1.807, 2.05) is 42.5 Å². The minimum absolute atomic E-state index is 0.0314. The van der Waals surface area contributed by atoms with Gasteiger partial charge < -0.3 is 4.42 Å². The molecule has 0 bridgehead atoms. The highest BCUT2D eigenvalue weighted by Crippen LogP contribution is 2.31. The Labute approximate surface area is 140 Å². The molecule has 0 amide bonds. The van der Waals surface area contributed by atoms with Gasteiger partial charge in [-0.2, -0.15) is 0 Å². The van der Waals surface area contributed by atoms with E-state index < -0.39 is 21.7 Å². The molecule has 0 saturated heterocycles. The van der Waals surface area contributed by atoms with Gasteiger partial charge in [0.2, 0.25) is 0 Å². The second-order valence-corrected chi connectivity index (χ2v) is 6.44. The molecule has 2 heterocycles. The quantitative estimate of drug-likeness (QED) is 0.515. The van der Waals surface area contributed by atoms with E-state index in [9.17, 15) is 0 Å². The van der Waals surface area contributed by atoms with E-state index in [0.29, 0.717) is 5.69 Å². The average molecular weight is 310 g/mol. The van der Waals surface area contributed by atoms with E-state index in [0.717, 1.165) is 27.5 Å². The SMILES string of the molecule is [2H]C([2H])([2H])[Si]([2H])(c1ccc(-c2ccc3oc4ccccc4c3c2)nc1)C([2H])([2H])[2H]. The normalized spacial score (nSPS) is 17.9. The first-order chi connectivity index (χ1) is 13.5. The minimum atomic E-state index is -4.55. The van der Waals surface area contributed by atoms with Crippen molar-refractivity contribution in [2.24, 2.45) is 0 Å². The van der Waals surface area contributed by atoms with E-state index in [1.54, 1.807) is 6.07 Å². The number of hydrogen-bond donors (Lipinski definition) is 0. The average Bonchev–Trinajstić information content (AvgIpc) is 3.03. The first kappa shape index (κ1) is 7.74. The first-order valence-corrected chi connectivity index (χ1v) is 8.40. The lowest BCUT2D eigenvalue weighted by Crippen LogP contribution is -2.22. The molecule has 3 heteroatoms. The molecule has 0 spiro atoms. The topological polar surface area (TPSA) is 26.0 Å². The summed E-state index contributed by atoms with van der Waals surface area (Å²) in [6.45, 7) is -5.79. The lowest BCUT2D eigenvalue weighted by molar-refractivity contribution is 0.669. The molecule has 0 aliphatic carbocycles. The maximum Gasteiger partial charge on any atom is 0.135 e. The van der Waals surface area contributed by atoms with Gasteiger partial charge in [-0.3, -0.25) is 4.98 Å². The Balaban J connectivity index is 1.79. The van der Waals surface area contributed by atoms with Crippen LogP contribution >= 0.6 is 0 Å². The number of para-hydroxylation sites is 1. The van der Waals surface area contributed by atoms with Crippen LogP contribution in [0.15, 0.2) is 65.2 Å². The van der Waals surface area contributed by atoms with E-state index in [-0.39, 0.29) is 5.19 Å². The summed E-state index contributed by atoms with van der Waals surface area (Å²) in [6, 6.07) is 16.3. The molecule has 0 aliphatic rings. The summed E-state index contributed by atoms with van der Waals surface area (Å²) in [5.74, 6) is 0. The zero-order chi connectivity index (χ0) is 21.0. The molecule has 4 rings (SSSR count). The van der Waals surface area contributed by atoms with Crippen LogP contribution in [0, 0.1) is 0 Å². The summed E-state index contributed by atoms with van der Waals surface area (Å²) < 4.78 is 60.1. The van der Waals surface area contributed by atoms with E-state index >= 15 is 0 Å². The number of hydrogen-bond acceptors (Lipinski definition) is 2. The first-order valence-electron chi connectivity index (χ1n) is 10.4. The summed E-state index contributed by atoms with van der Waals surface area (Å²) in [7, 11) is -4.55. The van der Waals surface area contributed by atoms with Crippen molar-refractivity contribution in [3.8, 4) is 11.3 Å². The fraction of sp³-hybridized carbons (Fsp3) is 0.105. The fourth-order valence-corrected chi connectivity index (χ4v) is 3.04. The van der Waals surface area contributed by atoms with Crippen LogP contribution in [0.1, 0.15) is 8.22 Å². The second-order valence-electron chi connectivity index (χ2n) is 5.12. The highest BCUT2D eigenvalue weighted by atomic mass is 28.3. The maximum atomic E-state index is 8.38. The Morgan fingerprint density at radius 3 is 2.68 bits per heavy atom. The molecule has 22 heavy (non-hydrogen) atoms. The molecule has 0 aliphatic heterocycles. The smallest absolute Gasteiger partial charge is 0.135 e. The van der Waals surface area contributed by atoms with Crippen LogP contribution in [0.25, 0.3) is 33.2 Å². The van der Waals surface area contributed by atoms with Crippen LogP contribution in [0.4, 0.5) is 0 Å². The Morgan fingerprint density at radius 2 is 1.86 bits per heavy atom. The molecular weight excluding hydrogens is 286 g/mol. The van der Waals surface area contributed by atoms with Crippen LogP contribution < -0.4 is 5.19 Å². The van der Waals surface area contributed by atoms with Gasteiger partial charge in [-0.15, -0.1) is 0 Å². The van der Waals surface area contributed by atoms with Gasteiger partial charge in [0, 0.05) is 32.0 Å². The third-order valence-electron chi connectivity index (χ3n) is 3.72. The van der Waals surface area contributed by atoms with Crippen LogP contribution in [0.5, 0.6) is 0 Å². The van der Waals surface area contributed by atoms with E-state index in [4.69, 9.17) is 13.9 Å². The van der Waals surface area contributed by atoms with Gasteiger partial charge in [0.15, 0.2) is 0 Å². The summed E-state index contributed by atoms with van der Waals surface area (Å²) in [6.07, 6.45) is 1.23. The van der Waals surface area contributed by atoms with Gasteiger partial charge in [0.05, 0.1) is 14.4 Å². The molecule has 0 N–H and O–H groups in total. The molecule has 2 aromatic carbocycles. The summed E-state index contributed by atoms with van der Waals surface area (Å²) in [4.78, 5) is 4.30. The van der Waals surface area contributed by atoms with Gasteiger partial charge in [0.25, 0.3) is 0 Å². The number of aromatic nitrogens is 1. The molecule has 2 aromatic heterocycles. The van der Waals surface area contributed by atoms with E-state index in [2.05, 4.69) is 4.98 Å². The van der Waals surface area contributed by atoms with Gasteiger partial charge in [-0.1, -0.05) is 37.2 Å². The molecular formula is C19H17NOSi. The van der Waals surface area contributed by atoms with Crippen molar-refractivity contribution in [3.63, 3.8) is 0 Å². The molecule has 0 saturated carbocycles. The van der Waals surface area contributed by atoms with Crippen molar-refractivity contribution >= 4 is 35.9 Å². The monoisotopic (exact) mass is 310 g/mol. The van der Waals surface area contributed by atoms with Crippen LogP contribution in [0.3, 0.4) is 0 Å².